The van der Waals surface area contributed by atoms with Crippen LogP contribution in [-0.4, -0.2) is 5.21 Å². The summed E-state index contributed by atoms with van der Waals surface area (Å²) in [6.07, 6.45) is 0. The second kappa shape index (κ2) is 5.47. The summed E-state index contributed by atoms with van der Waals surface area (Å²) in [5.74, 6) is 0. The fourth-order valence-corrected chi connectivity index (χ4v) is 4.93. The first kappa shape index (κ1) is 15.5. The van der Waals surface area contributed by atoms with Gasteiger partial charge in [0.25, 0.3) is 0 Å². The predicted octanol–water partition coefficient (Wildman–Crippen LogP) is 5.97. The van der Waals surface area contributed by atoms with E-state index in [2.05, 4.69) is 78.1 Å². The maximum Gasteiger partial charge on any atom is 0.0784 e. The maximum atomic E-state index is 11.0. The van der Waals surface area contributed by atoms with Gasteiger partial charge >= 0.3 is 0 Å². The molecule has 3 nitrogen and oxygen atoms in total. The van der Waals surface area contributed by atoms with Crippen molar-refractivity contribution in [3.63, 3.8) is 0 Å². The van der Waals surface area contributed by atoms with Crippen molar-refractivity contribution in [3.8, 4) is 0 Å². The Balaban J connectivity index is 1.86. The Morgan fingerprint density at radius 3 is 1.43 bits per heavy atom. The van der Waals surface area contributed by atoms with Gasteiger partial charge in [-0.1, -0.05) is 72.8 Å². The second-order valence-electron chi connectivity index (χ2n) is 7.31. The SMILES string of the molecule is ON1c2ccccc2C2(c3ccccc3Nc3ccccc32)c2ccccc21. The number of nitrogens with one attached hydrogen (secondary N) is 1. The molecule has 134 valence electrons. The van der Waals surface area contributed by atoms with Crippen molar-refractivity contribution in [1.29, 1.82) is 0 Å². The molecule has 2 heterocycles. The number of rotatable bonds is 0. The van der Waals surface area contributed by atoms with E-state index < -0.39 is 5.41 Å². The summed E-state index contributed by atoms with van der Waals surface area (Å²) in [6, 6.07) is 33.2. The molecular formula is C25H18N2O. The van der Waals surface area contributed by atoms with Gasteiger partial charge in [0.15, 0.2) is 0 Å². The molecule has 0 bridgehead atoms. The molecule has 0 atom stereocenters. The Bertz CT molecular complexity index is 1140. The number of fused-ring (bicyclic) bond motifs is 8. The van der Waals surface area contributed by atoms with Crippen LogP contribution in [0.2, 0.25) is 0 Å². The van der Waals surface area contributed by atoms with Crippen molar-refractivity contribution >= 4 is 22.7 Å². The first-order valence-corrected chi connectivity index (χ1v) is 9.46. The van der Waals surface area contributed by atoms with Crippen molar-refractivity contribution < 1.29 is 5.21 Å². The highest BCUT2D eigenvalue weighted by Crippen LogP contribution is 2.59. The highest BCUT2D eigenvalue weighted by Gasteiger charge is 2.49. The molecule has 0 aliphatic carbocycles. The predicted molar refractivity (Wildman–Crippen MR) is 112 cm³/mol. The third-order valence-electron chi connectivity index (χ3n) is 6.00. The third kappa shape index (κ3) is 1.77. The van der Waals surface area contributed by atoms with Crippen LogP contribution in [0.1, 0.15) is 22.3 Å². The number of anilines is 4. The maximum absolute atomic E-state index is 11.0. The van der Waals surface area contributed by atoms with Crippen molar-refractivity contribution in [2.75, 3.05) is 10.4 Å². The highest BCUT2D eigenvalue weighted by molar-refractivity contribution is 5.89. The molecule has 2 aliphatic heterocycles. The summed E-state index contributed by atoms with van der Waals surface area (Å²) in [5.41, 5.74) is 7.87. The van der Waals surface area contributed by atoms with Gasteiger partial charge in [-0.05, 0) is 46.5 Å². The van der Waals surface area contributed by atoms with E-state index in [-0.39, 0.29) is 0 Å². The summed E-state index contributed by atoms with van der Waals surface area (Å²) in [5, 5.41) is 16.0. The molecule has 0 unspecified atom stereocenters. The Hall–Kier alpha value is -3.56. The molecule has 2 aliphatic rings. The zero-order valence-corrected chi connectivity index (χ0v) is 15.1. The van der Waals surface area contributed by atoms with E-state index >= 15 is 0 Å². The quantitative estimate of drug-likeness (QED) is 0.356. The number of hydrogen-bond acceptors (Lipinski definition) is 3. The molecule has 1 spiro atoms. The molecule has 0 amide bonds. The van der Waals surface area contributed by atoms with Gasteiger partial charge < -0.3 is 5.32 Å². The summed E-state index contributed by atoms with van der Waals surface area (Å²) in [6.45, 7) is 0. The molecule has 3 heteroatoms. The second-order valence-corrected chi connectivity index (χ2v) is 7.31. The zero-order valence-electron chi connectivity index (χ0n) is 15.1. The molecule has 0 saturated heterocycles. The van der Waals surface area contributed by atoms with Crippen LogP contribution in [0.3, 0.4) is 0 Å². The van der Waals surface area contributed by atoms with Crippen LogP contribution >= 0.6 is 0 Å². The van der Waals surface area contributed by atoms with Crippen LogP contribution in [0.15, 0.2) is 97.1 Å². The summed E-state index contributed by atoms with van der Waals surface area (Å²) >= 11 is 0. The summed E-state index contributed by atoms with van der Waals surface area (Å²) in [4.78, 5) is 0. The lowest BCUT2D eigenvalue weighted by Crippen LogP contribution is -2.40. The molecule has 4 aromatic carbocycles. The molecule has 0 radical (unpaired) electrons. The fourth-order valence-electron chi connectivity index (χ4n) is 4.93. The van der Waals surface area contributed by atoms with Gasteiger partial charge in [0.1, 0.15) is 0 Å². The van der Waals surface area contributed by atoms with Gasteiger partial charge in [-0.25, -0.2) is 5.06 Å². The monoisotopic (exact) mass is 362 g/mol. The van der Waals surface area contributed by atoms with Crippen LogP contribution in [-0.2, 0) is 5.41 Å². The number of nitrogens with zero attached hydrogens (tertiary/aromatic N) is 1. The average molecular weight is 362 g/mol. The fraction of sp³-hybridized carbons (Fsp3) is 0.0400. The van der Waals surface area contributed by atoms with Gasteiger partial charge in [-0.15, -0.1) is 0 Å². The van der Waals surface area contributed by atoms with E-state index in [1.54, 1.807) is 0 Å². The van der Waals surface area contributed by atoms with Crippen molar-refractivity contribution in [3.05, 3.63) is 119 Å². The van der Waals surface area contributed by atoms with E-state index in [1.165, 1.54) is 16.2 Å². The van der Waals surface area contributed by atoms with Gasteiger partial charge in [-0.2, -0.15) is 0 Å². The molecule has 2 N–H and O–H groups in total. The Labute approximate surface area is 163 Å². The lowest BCUT2D eigenvalue weighted by Gasteiger charge is -2.47. The molecule has 4 aromatic rings. The first-order chi connectivity index (χ1) is 13.8. The third-order valence-corrected chi connectivity index (χ3v) is 6.00. The molecule has 0 saturated carbocycles. The van der Waals surface area contributed by atoms with E-state index in [0.29, 0.717) is 0 Å². The van der Waals surface area contributed by atoms with E-state index in [0.717, 1.165) is 33.9 Å². The molecule has 28 heavy (non-hydrogen) atoms. The summed E-state index contributed by atoms with van der Waals surface area (Å²) < 4.78 is 0. The minimum absolute atomic E-state index is 0.495. The van der Waals surface area contributed by atoms with Crippen LogP contribution < -0.4 is 10.4 Å². The van der Waals surface area contributed by atoms with E-state index in [9.17, 15) is 5.21 Å². The normalized spacial score (nSPS) is 15.1. The van der Waals surface area contributed by atoms with Crippen LogP contribution in [0.5, 0.6) is 0 Å². The largest absolute Gasteiger partial charge is 0.355 e. The minimum Gasteiger partial charge on any atom is -0.355 e. The topological polar surface area (TPSA) is 35.5 Å². The number of para-hydroxylation sites is 4. The Morgan fingerprint density at radius 2 is 0.929 bits per heavy atom. The van der Waals surface area contributed by atoms with Gasteiger partial charge in [0, 0.05) is 11.4 Å². The van der Waals surface area contributed by atoms with Crippen molar-refractivity contribution in [2.45, 2.75) is 5.41 Å². The van der Waals surface area contributed by atoms with E-state index in [4.69, 9.17) is 0 Å². The Kier molecular flexibility index (Phi) is 3.03. The van der Waals surface area contributed by atoms with Gasteiger partial charge in [0.2, 0.25) is 0 Å². The average Bonchev–Trinajstić information content (AvgIpc) is 2.77. The lowest BCUT2D eigenvalue weighted by atomic mass is 9.61. The lowest BCUT2D eigenvalue weighted by molar-refractivity contribution is 0.294. The summed E-state index contributed by atoms with van der Waals surface area (Å²) in [7, 11) is 0. The standard InChI is InChI=1S/C25H18N2O/c28-27-23-15-7-3-11-19(23)25(20-12-4-8-16-24(20)27)17-9-1-5-13-21(17)26-22-14-6-2-10-18(22)25/h1-16,26,28H. The van der Waals surface area contributed by atoms with E-state index in [1.807, 2.05) is 24.3 Å². The highest BCUT2D eigenvalue weighted by atomic mass is 16.5. The first-order valence-electron chi connectivity index (χ1n) is 9.46. The zero-order chi connectivity index (χ0) is 18.7. The molecule has 6 rings (SSSR count). The van der Waals surface area contributed by atoms with Crippen LogP contribution in [0.25, 0.3) is 0 Å². The van der Waals surface area contributed by atoms with Crippen molar-refractivity contribution in [1.82, 2.24) is 0 Å². The van der Waals surface area contributed by atoms with Crippen molar-refractivity contribution in [2.24, 2.45) is 0 Å². The van der Waals surface area contributed by atoms with Crippen LogP contribution in [0.4, 0.5) is 22.7 Å². The number of hydrogen-bond donors (Lipinski definition) is 2. The Morgan fingerprint density at radius 1 is 0.536 bits per heavy atom. The minimum atomic E-state index is -0.495. The van der Waals surface area contributed by atoms with Gasteiger partial charge in [0.05, 0.1) is 16.8 Å². The number of benzene rings is 4. The molecule has 0 aromatic heterocycles. The van der Waals surface area contributed by atoms with Gasteiger partial charge in [-0.3, -0.25) is 5.21 Å². The smallest absolute Gasteiger partial charge is 0.0784 e. The molecule has 0 fully saturated rings. The van der Waals surface area contributed by atoms with Crippen LogP contribution in [0, 0.1) is 0 Å². The molecular weight excluding hydrogens is 344 g/mol.